The van der Waals surface area contributed by atoms with Crippen molar-refractivity contribution in [2.45, 2.75) is 82.4 Å². The first-order chi connectivity index (χ1) is 12.4. The van der Waals surface area contributed by atoms with Crippen LogP contribution in [-0.4, -0.2) is 45.8 Å². The third kappa shape index (κ3) is 4.69. The van der Waals surface area contributed by atoms with Crippen molar-refractivity contribution in [1.29, 1.82) is 0 Å². The summed E-state index contributed by atoms with van der Waals surface area (Å²) in [6.07, 6.45) is 1.68. The Hall–Kier alpha value is -1.04. The standard InChI is InChI=1S/C22H35NO3S/c1-14-18(13-25)23(9-8-10-24)20(27-14)15-11-16(21(2,3)4)19(26)17(12-15)22(5,6)7/h11-14,18,20,24,26H,8-10H2,1-7H3. The van der Waals surface area contributed by atoms with Crippen molar-refractivity contribution in [2.75, 3.05) is 13.2 Å². The van der Waals surface area contributed by atoms with Crippen LogP contribution in [0, 0.1) is 0 Å². The molecule has 0 aliphatic carbocycles. The molecule has 0 amide bonds. The summed E-state index contributed by atoms with van der Waals surface area (Å²) in [7, 11) is 0. The van der Waals surface area contributed by atoms with Gasteiger partial charge in [0.05, 0.1) is 11.4 Å². The minimum absolute atomic E-state index is 0.0459. The smallest absolute Gasteiger partial charge is 0.138 e. The van der Waals surface area contributed by atoms with Gasteiger partial charge in [-0.1, -0.05) is 48.5 Å². The quantitative estimate of drug-likeness (QED) is 0.727. The lowest BCUT2D eigenvalue weighted by Gasteiger charge is -2.32. The lowest BCUT2D eigenvalue weighted by atomic mass is 9.78. The summed E-state index contributed by atoms with van der Waals surface area (Å²) in [6, 6.07) is 4.05. The molecule has 1 aliphatic rings. The molecule has 0 aromatic heterocycles. The van der Waals surface area contributed by atoms with Crippen molar-refractivity contribution in [2.24, 2.45) is 0 Å². The summed E-state index contributed by atoms with van der Waals surface area (Å²) in [5, 5.41) is 20.5. The highest BCUT2D eigenvalue weighted by Crippen LogP contribution is 2.48. The van der Waals surface area contributed by atoms with Crippen LogP contribution in [0.2, 0.25) is 0 Å². The number of aliphatic hydroxyl groups excluding tert-OH is 1. The number of aldehydes is 1. The fraction of sp³-hybridized carbons (Fsp3) is 0.682. The van der Waals surface area contributed by atoms with Crippen LogP contribution >= 0.6 is 11.8 Å². The number of phenols is 1. The highest BCUT2D eigenvalue weighted by molar-refractivity contribution is 8.00. The van der Waals surface area contributed by atoms with Crippen LogP contribution in [0.3, 0.4) is 0 Å². The van der Waals surface area contributed by atoms with Gasteiger partial charge in [0.1, 0.15) is 12.0 Å². The van der Waals surface area contributed by atoms with E-state index in [1.165, 1.54) is 0 Å². The maximum atomic E-state index is 11.7. The molecule has 3 unspecified atom stereocenters. The predicted molar refractivity (Wildman–Crippen MR) is 114 cm³/mol. The van der Waals surface area contributed by atoms with E-state index in [1.54, 1.807) is 11.8 Å². The van der Waals surface area contributed by atoms with E-state index in [9.17, 15) is 15.0 Å². The largest absolute Gasteiger partial charge is 0.507 e. The zero-order valence-corrected chi connectivity index (χ0v) is 18.6. The molecule has 2 rings (SSSR count). The summed E-state index contributed by atoms with van der Waals surface area (Å²) in [5.74, 6) is 0.378. The first-order valence-corrected chi connectivity index (χ1v) is 10.7. The van der Waals surface area contributed by atoms with E-state index in [-0.39, 0.29) is 34.1 Å². The van der Waals surface area contributed by atoms with E-state index in [1.807, 2.05) is 0 Å². The number of phenolic OH excluding ortho intramolecular Hbond substituents is 1. The average molecular weight is 394 g/mol. The van der Waals surface area contributed by atoms with E-state index in [0.29, 0.717) is 18.7 Å². The van der Waals surface area contributed by atoms with Gasteiger partial charge in [-0.15, -0.1) is 11.8 Å². The minimum Gasteiger partial charge on any atom is -0.507 e. The average Bonchev–Trinajstić information content (AvgIpc) is 2.86. The third-order valence-electron chi connectivity index (χ3n) is 5.26. The van der Waals surface area contributed by atoms with E-state index < -0.39 is 0 Å². The lowest BCUT2D eigenvalue weighted by molar-refractivity contribution is -0.112. The van der Waals surface area contributed by atoms with Crippen molar-refractivity contribution in [1.82, 2.24) is 4.90 Å². The number of hydrogen-bond donors (Lipinski definition) is 2. The Kier molecular flexibility index (Phi) is 6.71. The normalized spacial score (nSPS) is 24.4. The van der Waals surface area contributed by atoms with Gasteiger partial charge in [0.15, 0.2) is 0 Å². The molecule has 152 valence electrons. The Morgan fingerprint density at radius 3 is 2.04 bits per heavy atom. The number of rotatable bonds is 5. The van der Waals surface area contributed by atoms with Crippen molar-refractivity contribution in [3.05, 3.63) is 28.8 Å². The van der Waals surface area contributed by atoms with E-state index in [0.717, 1.165) is 23.0 Å². The molecule has 1 fully saturated rings. The summed E-state index contributed by atoms with van der Waals surface area (Å²) in [6.45, 7) is 15.6. The number of carbonyl (C=O) groups excluding carboxylic acids is 1. The SMILES string of the molecule is CC1SC(c2cc(C(C)(C)C)c(O)c(C(C)(C)C)c2)N(CCCO)C1C=O. The summed E-state index contributed by atoms with van der Waals surface area (Å²) in [4.78, 5) is 13.9. The second kappa shape index (κ2) is 8.14. The van der Waals surface area contributed by atoms with Gasteiger partial charge in [-0.3, -0.25) is 4.90 Å². The summed E-state index contributed by atoms with van der Waals surface area (Å²) in [5.41, 5.74) is 2.63. The monoisotopic (exact) mass is 393 g/mol. The molecule has 0 spiro atoms. The molecule has 1 aliphatic heterocycles. The summed E-state index contributed by atoms with van der Waals surface area (Å²) < 4.78 is 0. The number of nitrogens with zero attached hydrogens (tertiary/aromatic N) is 1. The third-order valence-corrected chi connectivity index (χ3v) is 6.76. The predicted octanol–water partition coefficient (Wildman–Crippen LogP) is 4.37. The molecule has 2 N–H and O–H groups in total. The maximum absolute atomic E-state index is 11.7. The van der Waals surface area contributed by atoms with E-state index in [2.05, 4.69) is 65.5 Å². The number of aliphatic hydroxyl groups is 1. The molecule has 1 aromatic carbocycles. The first-order valence-electron chi connectivity index (χ1n) is 9.77. The molecule has 4 nitrogen and oxygen atoms in total. The highest BCUT2D eigenvalue weighted by Gasteiger charge is 2.41. The van der Waals surface area contributed by atoms with Gasteiger partial charge in [-0.2, -0.15) is 0 Å². The van der Waals surface area contributed by atoms with Crippen molar-refractivity contribution < 1.29 is 15.0 Å². The highest BCUT2D eigenvalue weighted by atomic mass is 32.2. The fourth-order valence-corrected chi connectivity index (χ4v) is 5.19. The van der Waals surface area contributed by atoms with Crippen LogP contribution in [0.1, 0.15) is 77.0 Å². The Labute approximate surface area is 168 Å². The molecular formula is C22H35NO3S. The van der Waals surface area contributed by atoms with Crippen molar-refractivity contribution >= 4 is 18.0 Å². The Bertz CT molecular complexity index is 640. The fourth-order valence-electron chi connectivity index (χ4n) is 3.71. The summed E-state index contributed by atoms with van der Waals surface area (Å²) >= 11 is 1.79. The van der Waals surface area contributed by atoms with Crippen LogP contribution in [-0.2, 0) is 15.6 Å². The number of aromatic hydroxyl groups is 1. The molecule has 1 heterocycles. The van der Waals surface area contributed by atoms with E-state index in [4.69, 9.17) is 0 Å². The first kappa shape index (κ1) is 22.3. The molecule has 1 aromatic rings. The lowest BCUT2D eigenvalue weighted by Crippen LogP contribution is -2.37. The Balaban J connectivity index is 2.60. The number of hydrogen-bond acceptors (Lipinski definition) is 5. The molecule has 0 saturated carbocycles. The van der Waals surface area contributed by atoms with Gasteiger partial charge in [-0.05, 0) is 46.1 Å². The molecule has 1 saturated heterocycles. The van der Waals surface area contributed by atoms with Gasteiger partial charge in [0.2, 0.25) is 0 Å². The van der Waals surface area contributed by atoms with Gasteiger partial charge in [-0.25, -0.2) is 0 Å². The van der Waals surface area contributed by atoms with Gasteiger partial charge in [0.25, 0.3) is 0 Å². The van der Waals surface area contributed by atoms with Gasteiger partial charge < -0.3 is 15.0 Å². The molecular weight excluding hydrogens is 358 g/mol. The Morgan fingerprint density at radius 1 is 1.11 bits per heavy atom. The molecule has 0 bridgehead atoms. The molecule has 5 heteroatoms. The van der Waals surface area contributed by atoms with Crippen LogP contribution < -0.4 is 0 Å². The second-order valence-corrected chi connectivity index (χ2v) is 11.1. The van der Waals surface area contributed by atoms with Crippen LogP contribution in [0.15, 0.2) is 12.1 Å². The van der Waals surface area contributed by atoms with Crippen LogP contribution in [0.4, 0.5) is 0 Å². The molecule has 3 atom stereocenters. The van der Waals surface area contributed by atoms with Crippen LogP contribution in [0.5, 0.6) is 5.75 Å². The molecule has 0 radical (unpaired) electrons. The Morgan fingerprint density at radius 2 is 1.63 bits per heavy atom. The topological polar surface area (TPSA) is 60.8 Å². The number of thioether (sulfide) groups is 1. The number of carbonyl (C=O) groups is 1. The zero-order valence-electron chi connectivity index (χ0n) is 17.7. The maximum Gasteiger partial charge on any atom is 0.138 e. The minimum atomic E-state index is -0.186. The van der Waals surface area contributed by atoms with Gasteiger partial charge in [0, 0.05) is 18.4 Å². The second-order valence-electron chi connectivity index (χ2n) is 9.60. The molecule has 27 heavy (non-hydrogen) atoms. The van der Waals surface area contributed by atoms with Crippen molar-refractivity contribution in [3.8, 4) is 5.75 Å². The van der Waals surface area contributed by atoms with E-state index >= 15 is 0 Å². The number of benzene rings is 1. The van der Waals surface area contributed by atoms with Crippen LogP contribution in [0.25, 0.3) is 0 Å². The van der Waals surface area contributed by atoms with Crippen molar-refractivity contribution in [3.63, 3.8) is 0 Å². The van der Waals surface area contributed by atoms with Gasteiger partial charge >= 0.3 is 0 Å². The zero-order chi connectivity index (χ0) is 20.6.